The number of carbonyl (C=O) groups is 1. The normalized spacial score (nSPS) is 10.5. The highest BCUT2D eigenvalue weighted by molar-refractivity contribution is 5.86. The molecule has 6 nitrogen and oxygen atoms in total. The molecule has 158 valence electrons. The number of carboxylic acid groups (broad SMARTS) is 1. The Labute approximate surface area is 182 Å². The van der Waals surface area contributed by atoms with Gasteiger partial charge in [-0.3, -0.25) is 0 Å². The molecule has 3 aromatic rings. The first-order valence-corrected chi connectivity index (χ1v) is 9.51. The Morgan fingerprint density at radius 3 is 2.53 bits per heavy atom. The molecule has 0 aliphatic rings. The van der Waals surface area contributed by atoms with E-state index in [1.54, 1.807) is 18.6 Å². The molecule has 2 aromatic carbocycles. The van der Waals surface area contributed by atoms with Crippen LogP contribution in [0.25, 0.3) is 6.08 Å². The van der Waals surface area contributed by atoms with Crippen LogP contribution in [0.5, 0.6) is 11.5 Å². The first kappa shape index (κ1) is 23.0. The van der Waals surface area contributed by atoms with Gasteiger partial charge in [-0.05, 0) is 42.7 Å². The third-order valence-corrected chi connectivity index (χ3v) is 4.22. The number of aromatic nitrogens is 2. The number of ether oxygens (including phenoxy) is 2. The van der Waals surface area contributed by atoms with E-state index in [1.807, 2.05) is 59.3 Å². The average Bonchev–Trinajstić information content (AvgIpc) is 3.23. The molecule has 7 heteroatoms. The number of halogens is 1. The molecule has 0 unspecified atom stereocenters. The molecule has 1 N–H and O–H groups in total. The Kier molecular flexibility index (Phi) is 9.48. The second-order valence-corrected chi connectivity index (χ2v) is 6.50. The quantitative estimate of drug-likeness (QED) is 0.354. The van der Waals surface area contributed by atoms with Crippen molar-refractivity contribution < 1.29 is 19.4 Å². The van der Waals surface area contributed by atoms with Gasteiger partial charge in [-0.1, -0.05) is 30.3 Å². The highest BCUT2D eigenvalue weighted by Gasteiger charge is 2.05. The van der Waals surface area contributed by atoms with Gasteiger partial charge in [-0.2, -0.15) is 0 Å². The summed E-state index contributed by atoms with van der Waals surface area (Å²) >= 11 is 0. The number of aliphatic carboxylic acids is 1. The molecular formula is C23H25ClN2O4. The van der Waals surface area contributed by atoms with E-state index < -0.39 is 5.97 Å². The van der Waals surface area contributed by atoms with Crippen LogP contribution in [0.15, 0.2) is 73.3 Å². The maximum absolute atomic E-state index is 10.9. The number of carboxylic acids is 1. The molecule has 0 saturated heterocycles. The Morgan fingerprint density at radius 1 is 1.07 bits per heavy atom. The van der Waals surface area contributed by atoms with Crippen molar-refractivity contribution in [2.45, 2.75) is 19.4 Å². The SMILES string of the molecule is Cl.O=C(O)C=Cc1ccc(Cn2ccnc2)cc1OCCCCOc1ccccc1. The van der Waals surface area contributed by atoms with E-state index in [1.165, 1.54) is 0 Å². The lowest BCUT2D eigenvalue weighted by atomic mass is 10.1. The molecule has 1 heterocycles. The van der Waals surface area contributed by atoms with Crippen molar-refractivity contribution in [3.05, 3.63) is 84.5 Å². The number of nitrogens with zero attached hydrogens (tertiary/aromatic N) is 2. The molecule has 0 aliphatic carbocycles. The van der Waals surface area contributed by atoms with Gasteiger partial charge in [0.05, 0.1) is 19.5 Å². The molecule has 0 saturated carbocycles. The van der Waals surface area contributed by atoms with E-state index in [0.717, 1.165) is 35.8 Å². The van der Waals surface area contributed by atoms with Crippen molar-refractivity contribution in [3.63, 3.8) is 0 Å². The fraction of sp³-hybridized carbons (Fsp3) is 0.217. The van der Waals surface area contributed by atoms with E-state index in [-0.39, 0.29) is 12.4 Å². The van der Waals surface area contributed by atoms with E-state index in [4.69, 9.17) is 14.6 Å². The molecule has 0 radical (unpaired) electrons. The summed E-state index contributed by atoms with van der Waals surface area (Å²) in [7, 11) is 0. The fourth-order valence-corrected chi connectivity index (χ4v) is 2.78. The molecule has 0 spiro atoms. The highest BCUT2D eigenvalue weighted by Crippen LogP contribution is 2.23. The zero-order valence-corrected chi connectivity index (χ0v) is 17.3. The van der Waals surface area contributed by atoms with Crippen molar-refractivity contribution in [3.8, 4) is 11.5 Å². The fourth-order valence-electron chi connectivity index (χ4n) is 2.78. The van der Waals surface area contributed by atoms with E-state index in [0.29, 0.717) is 25.5 Å². The van der Waals surface area contributed by atoms with Gasteiger partial charge < -0.3 is 19.1 Å². The summed E-state index contributed by atoms with van der Waals surface area (Å²) in [5.74, 6) is 0.544. The number of benzene rings is 2. The monoisotopic (exact) mass is 428 g/mol. The number of unbranched alkanes of at least 4 members (excludes halogenated alkanes) is 1. The molecule has 3 rings (SSSR count). The van der Waals surface area contributed by atoms with Crippen LogP contribution >= 0.6 is 12.4 Å². The van der Waals surface area contributed by atoms with Gasteiger partial charge in [0.15, 0.2) is 0 Å². The lowest BCUT2D eigenvalue weighted by Gasteiger charge is -2.12. The lowest BCUT2D eigenvalue weighted by molar-refractivity contribution is -0.131. The number of hydrogen-bond donors (Lipinski definition) is 1. The van der Waals surface area contributed by atoms with Crippen molar-refractivity contribution in [2.75, 3.05) is 13.2 Å². The predicted molar refractivity (Wildman–Crippen MR) is 118 cm³/mol. The topological polar surface area (TPSA) is 73.6 Å². The minimum absolute atomic E-state index is 0. The average molecular weight is 429 g/mol. The Balaban J connectivity index is 0.00000320. The summed E-state index contributed by atoms with van der Waals surface area (Å²) in [4.78, 5) is 14.9. The van der Waals surface area contributed by atoms with Gasteiger partial charge in [-0.25, -0.2) is 9.78 Å². The van der Waals surface area contributed by atoms with E-state index >= 15 is 0 Å². The standard InChI is InChI=1S/C23H24N2O4.ClH/c26-23(27)11-10-20-9-8-19(17-25-13-12-24-18-25)16-22(20)29-15-5-4-14-28-21-6-2-1-3-7-21;/h1-3,6-13,16,18H,4-5,14-15,17H2,(H,26,27);1H. The Hall–Kier alpha value is -3.25. The first-order valence-electron chi connectivity index (χ1n) is 9.51. The van der Waals surface area contributed by atoms with Crippen LogP contribution in [-0.4, -0.2) is 33.8 Å². The zero-order valence-electron chi connectivity index (χ0n) is 16.5. The summed E-state index contributed by atoms with van der Waals surface area (Å²) < 4.78 is 13.6. The van der Waals surface area contributed by atoms with Crippen molar-refractivity contribution in [2.24, 2.45) is 0 Å². The maximum atomic E-state index is 10.9. The van der Waals surface area contributed by atoms with Crippen LogP contribution in [0.4, 0.5) is 0 Å². The molecule has 30 heavy (non-hydrogen) atoms. The van der Waals surface area contributed by atoms with Gasteiger partial charge in [-0.15, -0.1) is 12.4 Å². The summed E-state index contributed by atoms with van der Waals surface area (Å²) in [6, 6.07) is 15.5. The molecule has 0 fully saturated rings. The number of hydrogen-bond acceptors (Lipinski definition) is 4. The van der Waals surface area contributed by atoms with Gasteiger partial charge in [0.1, 0.15) is 11.5 Å². The van der Waals surface area contributed by atoms with Crippen molar-refractivity contribution >= 4 is 24.5 Å². The Bertz CT molecular complexity index is 928. The van der Waals surface area contributed by atoms with Crippen LogP contribution < -0.4 is 9.47 Å². The van der Waals surface area contributed by atoms with E-state index in [9.17, 15) is 4.79 Å². The summed E-state index contributed by atoms with van der Waals surface area (Å²) in [6.07, 6.45) is 9.75. The second-order valence-electron chi connectivity index (χ2n) is 6.50. The third-order valence-electron chi connectivity index (χ3n) is 4.22. The minimum atomic E-state index is -0.989. The van der Waals surface area contributed by atoms with Crippen LogP contribution in [0.3, 0.4) is 0 Å². The highest BCUT2D eigenvalue weighted by atomic mass is 35.5. The molecular weight excluding hydrogens is 404 g/mol. The number of para-hydroxylation sites is 1. The summed E-state index contributed by atoms with van der Waals surface area (Å²) in [5.41, 5.74) is 1.79. The summed E-state index contributed by atoms with van der Waals surface area (Å²) in [5, 5.41) is 8.91. The van der Waals surface area contributed by atoms with Crippen LogP contribution in [0.2, 0.25) is 0 Å². The molecule has 0 bridgehead atoms. The van der Waals surface area contributed by atoms with Crippen LogP contribution in [0, 0.1) is 0 Å². The van der Waals surface area contributed by atoms with Gasteiger partial charge in [0, 0.05) is 30.6 Å². The third kappa shape index (κ3) is 7.64. The molecule has 0 aliphatic heterocycles. The lowest BCUT2D eigenvalue weighted by Crippen LogP contribution is -2.04. The largest absolute Gasteiger partial charge is 0.494 e. The van der Waals surface area contributed by atoms with Gasteiger partial charge >= 0.3 is 5.97 Å². The van der Waals surface area contributed by atoms with Crippen molar-refractivity contribution in [1.29, 1.82) is 0 Å². The van der Waals surface area contributed by atoms with E-state index in [2.05, 4.69) is 4.98 Å². The predicted octanol–water partition coefficient (Wildman–Crippen LogP) is 4.69. The minimum Gasteiger partial charge on any atom is -0.494 e. The number of imidazole rings is 1. The smallest absolute Gasteiger partial charge is 0.328 e. The second kappa shape index (κ2) is 12.3. The maximum Gasteiger partial charge on any atom is 0.328 e. The van der Waals surface area contributed by atoms with Gasteiger partial charge in [0.2, 0.25) is 0 Å². The van der Waals surface area contributed by atoms with Crippen LogP contribution in [0.1, 0.15) is 24.0 Å². The number of rotatable bonds is 11. The zero-order chi connectivity index (χ0) is 20.3. The molecule has 1 aromatic heterocycles. The van der Waals surface area contributed by atoms with Gasteiger partial charge in [0.25, 0.3) is 0 Å². The van der Waals surface area contributed by atoms with Crippen LogP contribution in [-0.2, 0) is 11.3 Å². The molecule has 0 atom stereocenters. The summed E-state index contributed by atoms with van der Waals surface area (Å²) in [6.45, 7) is 1.82. The van der Waals surface area contributed by atoms with Crippen molar-refractivity contribution in [1.82, 2.24) is 9.55 Å². The Morgan fingerprint density at radius 2 is 1.83 bits per heavy atom. The first-order chi connectivity index (χ1) is 14.2. The molecule has 0 amide bonds.